The summed E-state index contributed by atoms with van der Waals surface area (Å²) in [4.78, 5) is 14.9. The summed E-state index contributed by atoms with van der Waals surface area (Å²) in [7, 11) is 0. The van der Waals surface area contributed by atoms with E-state index in [2.05, 4.69) is 20.4 Å². The van der Waals surface area contributed by atoms with E-state index in [9.17, 15) is 4.79 Å². The topological polar surface area (TPSA) is 74.2 Å². The van der Waals surface area contributed by atoms with Gasteiger partial charge in [-0.2, -0.15) is 5.10 Å². The predicted molar refractivity (Wildman–Crippen MR) is 98.6 cm³/mol. The minimum absolute atomic E-state index is 0.0629. The van der Waals surface area contributed by atoms with Gasteiger partial charge in [-0.3, -0.25) is 14.8 Å². The van der Waals surface area contributed by atoms with Crippen molar-refractivity contribution in [3.8, 4) is 11.3 Å². The van der Waals surface area contributed by atoms with Gasteiger partial charge in [-0.05, 0) is 44.1 Å². The number of aromatic amines is 1. The Labute approximate surface area is 152 Å². The molecule has 0 spiro atoms. The first-order valence-corrected chi connectivity index (χ1v) is 8.98. The minimum Gasteiger partial charge on any atom is -0.468 e. The van der Waals surface area contributed by atoms with Crippen molar-refractivity contribution in [3.63, 3.8) is 0 Å². The van der Waals surface area contributed by atoms with Gasteiger partial charge in [0.25, 0.3) is 5.91 Å². The zero-order valence-electron chi connectivity index (χ0n) is 14.5. The van der Waals surface area contributed by atoms with E-state index in [0.29, 0.717) is 12.2 Å². The van der Waals surface area contributed by atoms with Gasteiger partial charge < -0.3 is 9.73 Å². The van der Waals surface area contributed by atoms with Crippen molar-refractivity contribution in [2.24, 2.45) is 0 Å². The van der Waals surface area contributed by atoms with Gasteiger partial charge in [0.15, 0.2) is 0 Å². The number of H-pyrrole nitrogens is 1. The van der Waals surface area contributed by atoms with Gasteiger partial charge in [0.2, 0.25) is 0 Å². The van der Waals surface area contributed by atoms with E-state index in [0.717, 1.165) is 30.1 Å². The Kier molecular flexibility index (Phi) is 4.84. The third-order valence-electron chi connectivity index (χ3n) is 4.80. The SMILES string of the molecule is O=C(NC[C@H](c1ccco1)N1CCCC1)c1cc(-c2ccccc2)n[nH]1. The van der Waals surface area contributed by atoms with E-state index in [1.54, 1.807) is 12.3 Å². The first kappa shape index (κ1) is 16.6. The number of hydrogen-bond donors (Lipinski definition) is 2. The molecule has 0 bridgehead atoms. The number of nitrogens with zero attached hydrogens (tertiary/aromatic N) is 2. The Bertz CT molecular complexity index is 836. The molecule has 1 aliphatic rings. The van der Waals surface area contributed by atoms with E-state index < -0.39 is 0 Å². The number of benzene rings is 1. The number of rotatable bonds is 6. The van der Waals surface area contributed by atoms with Crippen molar-refractivity contribution in [2.75, 3.05) is 19.6 Å². The van der Waals surface area contributed by atoms with E-state index in [-0.39, 0.29) is 11.9 Å². The van der Waals surface area contributed by atoms with E-state index in [1.165, 1.54) is 12.8 Å². The molecule has 3 heterocycles. The molecule has 1 saturated heterocycles. The molecule has 134 valence electrons. The summed E-state index contributed by atoms with van der Waals surface area (Å²) >= 11 is 0. The minimum atomic E-state index is -0.157. The largest absolute Gasteiger partial charge is 0.468 e. The van der Waals surface area contributed by atoms with Crippen molar-refractivity contribution >= 4 is 5.91 Å². The fraction of sp³-hybridized carbons (Fsp3) is 0.300. The molecule has 6 nitrogen and oxygen atoms in total. The quantitative estimate of drug-likeness (QED) is 0.716. The molecule has 1 amide bonds. The lowest BCUT2D eigenvalue weighted by Crippen LogP contribution is -2.36. The summed E-state index contributed by atoms with van der Waals surface area (Å²) in [5.41, 5.74) is 2.20. The van der Waals surface area contributed by atoms with Crippen molar-refractivity contribution < 1.29 is 9.21 Å². The number of amides is 1. The zero-order chi connectivity index (χ0) is 17.8. The number of likely N-dealkylation sites (tertiary alicyclic amines) is 1. The smallest absolute Gasteiger partial charge is 0.269 e. The summed E-state index contributed by atoms with van der Waals surface area (Å²) in [6, 6.07) is 15.5. The van der Waals surface area contributed by atoms with Gasteiger partial charge in [0.05, 0.1) is 18.0 Å². The van der Waals surface area contributed by atoms with Crippen LogP contribution in [0.5, 0.6) is 0 Å². The molecule has 6 heteroatoms. The van der Waals surface area contributed by atoms with Gasteiger partial charge in [-0.1, -0.05) is 30.3 Å². The highest BCUT2D eigenvalue weighted by atomic mass is 16.3. The number of hydrogen-bond acceptors (Lipinski definition) is 4. The molecular weight excluding hydrogens is 328 g/mol. The number of carbonyl (C=O) groups is 1. The summed E-state index contributed by atoms with van der Waals surface area (Å²) in [5.74, 6) is 0.734. The van der Waals surface area contributed by atoms with Crippen LogP contribution in [0.1, 0.15) is 35.1 Å². The maximum Gasteiger partial charge on any atom is 0.269 e. The molecule has 4 rings (SSSR count). The van der Waals surface area contributed by atoms with E-state index in [1.807, 2.05) is 42.5 Å². The van der Waals surface area contributed by atoms with Crippen molar-refractivity contribution in [1.29, 1.82) is 0 Å². The fourth-order valence-corrected chi connectivity index (χ4v) is 3.42. The standard InChI is InChI=1S/C20H22N4O2/c25-20(17-13-16(22-23-17)15-7-2-1-3-8-15)21-14-18(19-9-6-12-26-19)24-10-4-5-11-24/h1-3,6-9,12-13,18H,4-5,10-11,14H2,(H,21,25)(H,22,23)/t18-/m1/s1. The van der Waals surface area contributed by atoms with Crippen LogP contribution in [0.2, 0.25) is 0 Å². The van der Waals surface area contributed by atoms with Crippen molar-refractivity contribution in [1.82, 2.24) is 20.4 Å². The van der Waals surface area contributed by atoms with Gasteiger partial charge in [-0.25, -0.2) is 0 Å². The fourth-order valence-electron chi connectivity index (χ4n) is 3.42. The van der Waals surface area contributed by atoms with Gasteiger partial charge >= 0.3 is 0 Å². The van der Waals surface area contributed by atoms with E-state index in [4.69, 9.17) is 4.42 Å². The van der Waals surface area contributed by atoms with Crippen molar-refractivity contribution in [2.45, 2.75) is 18.9 Å². The molecule has 1 atom stereocenters. The number of aromatic nitrogens is 2. The lowest BCUT2D eigenvalue weighted by molar-refractivity contribution is 0.0928. The second-order valence-corrected chi connectivity index (χ2v) is 6.52. The van der Waals surface area contributed by atoms with Crippen LogP contribution < -0.4 is 5.32 Å². The predicted octanol–water partition coefficient (Wildman–Crippen LogP) is 3.24. The lowest BCUT2D eigenvalue weighted by Gasteiger charge is -2.25. The molecule has 3 aromatic rings. The monoisotopic (exact) mass is 350 g/mol. The number of carbonyl (C=O) groups excluding carboxylic acids is 1. The first-order valence-electron chi connectivity index (χ1n) is 8.98. The van der Waals surface area contributed by atoms with Gasteiger partial charge in [-0.15, -0.1) is 0 Å². The average molecular weight is 350 g/mol. The summed E-state index contributed by atoms with van der Waals surface area (Å²) in [5, 5.41) is 10.1. The maximum atomic E-state index is 12.5. The number of furan rings is 1. The highest BCUT2D eigenvalue weighted by Crippen LogP contribution is 2.25. The lowest BCUT2D eigenvalue weighted by atomic mass is 10.1. The van der Waals surface area contributed by atoms with Crippen LogP contribution >= 0.6 is 0 Å². The first-order chi connectivity index (χ1) is 12.8. The third kappa shape index (κ3) is 3.55. The highest BCUT2D eigenvalue weighted by Gasteiger charge is 2.26. The molecule has 26 heavy (non-hydrogen) atoms. The van der Waals surface area contributed by atoms with Crippen LogP contribution in [-0.4, -0.2) is 40.6 Å². The molecule has 1 fully saturated rings. The molecular formula is C20H22N4O2. The molecule has 1 aliphatic heterocycles. The summed E-state index contributed by atoms with van der Waals surface area (Å²) in [6.45, 7) is 2.57. The Hall–Kier alpha value is -2.86. The Balaban J connectivity index is 1.43. The normalized spacial score (nSPS) is 15.8. The second-order valence-electron chi connectivity index (χ2n) is 6.52. The average Bonchev–Trinajstić information content (AvgIpc) is 3.44. The molecule has 2 N–H and O–H groups in total. The maximum absolute atomic E-state index is 12.5. The van der Waals surface area contributed by atoms with Gasteiger partial charge in [0, 0.05) is 12.1 Å². The Morgan fingerprint density at radius 3 is 2.73 bits per heavy atom. The zero-order valence-corrected chi connectivity index (χ0v) is 14.5. The van der Waals surface area contributed by atoms with Gasteiger partial charge in [0.1, 0.15) is 11.5 Å². The van der Waals surface area contributed by atoms with Crippen LogP contribution in [0, 0.1) is 0 Å². The molecule has 0 aliphatic carbocycles. The second kappa shape index (κ2) is 7.58. The van der Waals surface area contributed by atoms with E-state index >= 15 is 0 Å². The molecule has 0 unspecified atom stereocenters. The molecule has 2 aromatic heterocycles. The Morgan fingerprint density at radius 2 is 2.00 bits per heavy atom. The molecule has 1 aromatic carbocycles. The van der Waals surface area contributed by atoms with Crippen LogP contribution in [0.3, 0.4) is 0 Å². The van der Waals surface area contributed by atoms with Crippen LogP contribution in [0.4, 0.5) is 0 Å². The third-order valence-corrected chi connectivity index (χ3v) is 4.80. The Morgan fingerprint density at radius 1 is 1.19 bits per heavy atom. The summed E-state index contributed by atoms with van der Waals surface area (Å²) in [6.07, 6.45) is 4.06. The molecule has 0 saturated carbocycles. The van der Waals surface area contributed by atoms with Crippen LogP contribution in [-0.2, 0) is 0 Å². The number of nitrogens with one attached hydrogen (secondary N) is 2. The van der Waals surface area contributed by atoms with Crippen LogP contribution in [0.25, 0.3) is 11.3 Å². The summed E-state index contributed by atoms with van der Waals surface area (Å²) < 4.78 is 5.59. The molecule has 0 radical (unpaired) electrons. The van der Waals surface area contributed by atoms with Crippen molar-refractivity contribution in [3.05, 3.63) is 66.2 Å². The van der Waals surface area contributed by atoms with Crippen LogP contribution in [0.15, 0.2) is 59.2 Å². The highest BCUT2D eigenvalue weighted by molar-refractivity contribution is 5.93.